The minimum atomic E-state index is 0.871. The number of hydrogen-bond donors (Lipinski definition) is 1. The third-order valence-electron chi connectivity index (χ3n) is 10.3. The number of anilines is 2. The maximum Gasteiger partial charge on any atom is 0.198 e. The summed E-state index contributed by atoms with van der Waals surface area (Å²) in [6.45, 7) is 4.42. The number of para-hydroxylation sites is 5. The monoisotopic (exact) mass is 613 g/mol. The molecular weight excluding hydrogens is 581 g/mol. The molecule has 0 aliphatic carbocycles. The van der Waals surface area contributed by atoms with Gasteiger partial charge < -0.3 is 14.5 Å². The van der Waals surface area contributed by atoms with Gasteiger partial charge in [0.1, 0.15) is 0 Å². The lowest BCUT2D eigenvalue weighted by Crippen LogP contribution is -2.37. The zero-order chi connectivity index (χ0) is 31.9. The second kappa shape index (κ2) is 10.3. The Bertz CT molecular complexity index is 2750. The number of aromatic nitrogens is 2. The summed E-state index contributed by atoms with van der Waals surface area (Å²) in [7, 11) is 0.871. The predicted molar refractivity (Wildman–Crippen MR) is 206 cm³/mol. The smallest absolute Gasteiger partial charge is 0.198 e. The molecule has 9 aromatic rings. The molecule has 3 heterocycles. The molecule has 0 fully saturated rings. The zero-order valence-corrected chi connectivity index (χ0v) is 27.0. The van der Waals surface area contributed by atoms with Crippen LogP contribution in [0.5, 0.6) is 0 Å². The summed E-state index contributed by atoms with van der Waals surface area (Å²) in [5.41, 5.74) is 17.4. The third kappa shape index (κ3) is 3.83. The van der Waals surface area contributed by atoms with Crippen LogP contribution in [0.25, 0.3) is 66.1 Å². The normalized spacial score (nSPS) is 12.1. The van der Waals surface area contributed by atoms with Gasteiger partial charge in [-0.15, -0.1) is 0 Å². The maximum atomic E-state index is 3.92. The van der Waals surface area contributed by atoms with Crippen LogP contribution in [0.2, 0.25) is 0 Å². The fourth-order valence-corrected chi connectivity index (χ4v) is 8.24. The Hall–Kier alpha value is -6.00. The van der Waals surface area contributed by atoms with E-state index in [1.54, 1.807) is 0 Å². The molecule has 48 heavy (non-hydrogen) atoms. The fraction of sp³-hybridized carbons (Fsp3) is 0.0455. The van der Waals surface area contributed by atoms with Gasteiger partial charge in [-0.2, -0.15) is 0 Å². The molecule has 0 radical (unpaired) electrons. The summed E-state index contributed by atoms with van der Waals surface area (Å²) in [6, 6.07) is 53.3. The van der Waals surface area contributed by atoms with Crippen LogP contribution >= 0.6 is 0 Å². The SMILES string of the molecule is Cc1cc(-c2c(Nc3ccccc3C)ccc3c2c2ccccc2n3-c2ccccc2)c2c(c1)-n1c3ccccc3c3cccc(c31)B2. The van der Waals surface area contributed by atoms with Crippen molar-refractivity contribution in [2.45, 2.75) is 13.8 Å². The van der Waals surface area contributed by atoms with E-state index in [9.17, 15) is 0 Å². The predicted octanol–water partition coefficient (Wildman–Crippen LogP) is 9.61. The first-order valence-corrected chi connectivity index (χ1v) is 16.8. The molecule has 2 aromatic heterocycles. The van der Waals surface area contributed by atoms with Crippen molar-refractivity contribution < 1.29 is 0 Å². The minimum Gasteiger partial charge on any atom is -0.355 e. The van der Waals surface area contributed by atoms with Crippen LogP contribution in [0.4, 0.5) is 11.4 Å². The summed E-state index contributed by atoms with van der Waals surface area (Å²) in [5.74, 6) is 0. The van der Waals surface area contributed by atoms with Gasteiger partial charge in [0.05, 0.1) is 16.6 Å². The lowest BCUT2D eigenvalue weighted by Gasteiger charge is -2.26. The van der Waals surface area contributed by atoms with E-state index in [0.29, 0.717) is 0 Å². The highest BCUT2D eigenvalue weighted by atomic mass is 15.0. The molecule has 226 valence electrons. The number of fused-ring (bicyclic) bond motifs is 8. The van der Waals surface area contributed by atoms with E-state index in [4.69, 9.17) is 0 Å². The molecule has 1 aliphatic rings. The van der Waals surface area contributed by atoms with Crippen LogP contribution in [0.15, 0.2) is 146 Å². The highest BCUT2D eigenvalue weighted by molar-refractivity contribution is 6.73. The number of aryl methyl sites for hydroxylation is 2. The molecule has 10 rings (SSSR count). The van der Waals surface area contributed by atoms with Crippen LogP contribution in [0.1, 0.15) is 11.1 Å². The number of nitrogens with one attached hydrogen (secondary N) is 1. The second-order valence-electron chi connectivity index (χ2n) is 13.2. The average Bonchev–Trinajstić information content (AvgIpc) is 3.64. The van der Waals surface area contributed by atoms with Crippen LogP contribution in [-0.2, 0) is 0 Å². The Kier molecular flexibility index (Phi) is 5.80. The van der Waals surface area contributed by atoms with Gasteiger partial charge in [0.25, 0.3) is 0 Å². The van der Waals surface area contributed by atoms with Crippen molar-refractivity contribution in [2.75, 3.05) is 5.32 Å². The molecule has 3 nitrogen and oxygen atoms in total. The largest absolute Gasteiger partial charge is 0.355 e. The average molecular weight is 614 g/mol. The fourth-order valence-electron chi connectivity index (χ4n) is 8.24. The van der Waals surface area contributed by atoms with Gasteiger partial charge in [-0.25, -0.2) is 0 Å². The van der Waals surface area contributed by atoms with E-state index < -0.39 is 0 Å². The number of nitrogens with zero attached hydrogens (tertiary/aromatic N) is 2. The molecule has 4 heteroatoms. The Morgan fingerprint density at radius 1 is 0.542 bits per heavy atom. The Morgan fingerprint density at radius 2 is 1.25 bits per heavy atom. The van der Waals surface area contributed by atoms with Gasteiger partial charge in [0.2, 0.25) is 0 Å². The number of benzene rings is 7. The molecule has 1 aliphatic heterocycles. The summed E-state index contributed by atoms with van der Waals surface area (Å²) in [5, 5.41) is 9.07. The Balaban J connectivity index is 1.35. The van der Waals surface area contributed by atoms with Crippen LogP contribution in [0.3, 0.4) is 0 Å². The van der Waals surface area contributed by atoms with Crippen LogP contribution in [0, 0.1) is 13.8 Å². The van der Waals surface area contributed by atoms with E-state index >= 15 is 0 Å². The molecule has 0 bridgehead atoms. The molecule has 0 unspecified atom stereocenters. The van der Waals surface area contributed by atoms with Crippen molar-refractivity contribution in [1.82, 2.24) is 9.13 Å². The Morgan fingerprint density at radius 3 is 2.08 bits per heavy atom. The van der Waals surface area contributed by atoms with Gasteiger partial charge >= 0.3 is 0 Å². The first-order valence-electron chi connectivity index (χ1n) is 16.8. The summed E-state index contributed by atoms with van der Waals surface area (Å²) < 4.78 is 4.95. The van der Waals surface area contributed by atoms with E-state index in [-0.39, 0.29) is 0 Å². The molecule has 0 atom stereocenters. The first-order chi connectivity index (χ1) is 23.7. The van der Waals surface area contributed by atoms with Crippen LogP contribution in [-0.4, -0.2) is 16.4 Å². The van der Waals surface area contributed by atoms with Crippen molar-refractivity contribution in [3.8, 4) is 22.5 Å². The number of rotatable bonds is 4. The molecule has 0 spiro atoms. The molecular formula is C44H32BN3. The molecule has 1 N–H and O–H groups in total. The lowest BCUT2D eigenvalue weighted by molar-refractivity contribution is 1.18. The molecule has 7 aromatic carbocycles. The van der Waals surface area contributed by atoms with Gasteiger partial charge in [-0.3, -0.25) is 0 Å². The summed E-state index contributed by atoms with van der Waals surface area (Å²) >= 11 is 0. The molecule has 0 saturated carbocycles. The van der Waals surface area contributed by atoms with E-state index in [1.165, 1.54) is 82.5 Å². The second-order valence-corrected chi connectivity index (χ2v) is 13.2. The minimum absolute atomic E-state index is 0.871. The van der Waals surface area contributed by atoms with Gasteiger partial charge in [-0.05, 0) is 84.5 Å². The van der Waals surface area contributed by atoms with Crippen molar-refractivity contribution in [2.24, 2.45) is 0 Å². The van der Waals surface area contributed by atoms with Gasteiger partial charge in [0.15, 0.2) is 7.28 Å². The lowest BCUT2D eigenvalue weighted by atomic mass is 9.58. The van der Waals surface area contributed by atoms with Gasteiger partial charge in [0, 0.05) is 55.4 Å². The molecule has 0 saturated heterocycles. The van der Waals surface area contributed by atoms with Crippen molar-refractivity contribution in [3.05, 3.63) is 157 Å². The third-order valence-corrected chi connectivity index (χ3v) is 10.3. The van der Waals surface area contributed by atoms with E-state index in [2.05, 4.69) is 174 Å². The quantitative estimate of drug-likeness (QED) is 0.196. The summed E-state index contributed by atoms with van der Waals surface area (Å²) in [6.07, 6.45) is 0. The Labute approximate surface area is 279 Å². The highest BCUT2D eigenvalue weighted by Gasteiger charge is 2.28. The number of hydrogen-bond acceptors (Lipinski definition) is 1. The maximum absolute atomic E-state index is 3.92. The van der Waals surface area contributed by atoms with Crippen molar-refractivity contribution in [3.63, 3.8) is 0 Å². The van der Waals surface area contributed by atoms with Crippen molar-refractivity contribution >= 4 is 73.2 Å². The van der Waals surface area contributed by atoms with E-state index in [1.807, 2.05) is 0 Å². The standard InChI is InChI=1S/C44H32BN3/c1-27-25-33(43-40(26-27)48-37-21-10-7-16-30(37)31-18-12-19-34(45-43)44(31)48)41-36(46-35-20-9-6-13-28(35)2)23-24-39-42(41)32-17-8-11-22-38(32)47(39)29-14-4-3-5-15-29/h3-26,45-46H,1-2H3. The van der Waals surface area contributed by atoms with Crippen LogP contribution < -0.4 is 16.2 Å². The summed E-state index contributed by atoms with van der Waals surface area (Å²) in [4.78, 5) is 0. The van der Waals surface area contributed by atoms with E-state index in [0.717, 1.165) is 24.3 Å². The zero-order valence-electron chi connectivity index (χ0n) is 27.0. The van der Waals surface area contributed by atoms with Crippen molar-refractivity contribution in [1.29, 1.82) is 0 Å². The van der Waals surface area contributed by atoms with Gasteiger partial charge in [-0.1, -0.05) is 103 Å². The highest BCUT2D eigenvalue weighted by Crippen LogP contribution is 2.44. The first kappa shape index (κ1) is 27.1. The topological polar surface area (TPSA) is 21.9 Å². The molecule has 0 amide bonds.